The zero-order chi connectivity index (χ0) is 19.2. The van der Waals surface area contributed by atoms with Crippen LogP contribution in [0.25, 0.3) is 0 Å². The van der Waals surface area contributed by atoms with E-state index >= 15 is 0 Å². The minimum atomic E-state index is 0.0172. The molecule has 0 saturated carbocycles. The minimum Gasteiger partial charge on any atom is -0.430 e. The Kier molecular flexibility index (Phi) is 6.19. The van der Waals surface area contributed by atoms with Crippen LogP contribution in [0.15, 0.2) is 48.5 Å². The van der Waals surface area contributed by atoms with Gasteiger partial charge in [0, 0.05) is 24.0 Å². The fourth-order valence-electron chi connectivity index (χ4n) is 2.57. The molecule has 0 aliphatic rings. The molecular weight excluding hydrogens is 358 g/mol. The smallest absolute Gasteiger partial charge is 0.298 e. The molecule has 0 saturated heterocycles. The molecule has 27 heavy (non-hydrogen) atoms. The Morgan fingerprint density at radius 2 is 1.74 bits per heavy atom. The highest BCUT2D eigenvalue weighted by molar-refractivity contribution is 7.07. The van der Waals surface area contributed by atoms with Crippen molar-refractivity contribution >= 4 is 17.4 Å². The van der Waals surface area contributed by atoms with E-state index in [0.29, 0.717) is 23.8 Å². The summed E-state index contributed by atoms with van der Waals surface area (Å²) in [6.07, 6.45) is 1.04. The van der Waals surface area contributed by atoms with Crippen molar-refractivity contribution in [2.75, 3.05) is 0 Å². The number of hydrogen-bond donors (Lipinski definition) is 1. The summed E-state index contributed by atoms with van der Waals surface area (Å²) < 4.78 is 10.2. The summed E-state index contributed by atoms with van der Waals surface area (Å²) in [4.78, 5) is 16.3. The van der Waals surface area contributed by atoms with Gasteiger partial charge in [-0.05, 0) is 44.0 Å². The van der Waals surface area contributed by atoms with Gasteiger partial charge < -0.3 is 10.1 Å². The minimum absolute atomic E-state index is 0.0172. The zero-order valence-corrected chi connectivity index (χ0v) is 16.5. The maximum atomic E-state index is 11.8. The lowest BCUT2D eigenvalue weighted by Gasteiger charge is -2.08. The van der Waals surface area contributed by atoms with E-state index in [1.54, 1.807) is 0 Å². The number of rotatable bonds is 7. The number of carbonyl (C=O) groups excluding carboxylic acids is 1. The summed E-state index contributed by atoms with van der Waals surface area (Å²) in [5, 5.41) is 3.40. The maximum Gasteiger partial charge on any atom is 0.298 e. The number of ether oxygens (including phenoxy) is 1. The number of aryl methyl sites for hydroxylation is 1. The standard InChI is InChI=1S/C21H23N3O2S/c1-14(2)22-20(25)13-17-8-10-18(11-9-17)26-21-23-19(24-27-21)12-16-6-4-15(3)5-7-16/h4-11,14H,12-13H2,1-3H3,(H,22,25). The Morgan fingerprint density at radius 1 is 1.07 bits per heavy atom. The van der Waals surface area contributed by atoms with Crippen molar-refractivity contribution in [3.63, 3.8) is 0 Å². The molecule has 0 bridgehead atoms. The molecule has 1 amide bonds. The van der Waals surface area contributed by atoms with E-state index in [1.807, 2.05) is 38.1 Å². The first-order valence-electron chi connectivity index (χ1n) is 8.92. The van der Waals surface area contributed by atoms with Crippen molar-refractivity contribution in [1.82, 2.24) is 14.7 Å². The molecule has 140 valence electrons. The normalized spacial score (nSPS) is 10.8. The highest BCUT2D eigenvalue weighted by Gasteiger charge is 2.09. The van der Waals surface area contributed by atoms with E-state index < -0.39 is 0 Å². The lowest BCUT2D eigenvalue weighted by atomic mass is 10.1. The first kappa shape index (κ1) is 19.0. The first-order valence-corrected chi connectivity index (χ1v) is 9.69. The van der Waals surface area contributed by atoms with E-state index in [-0.39, 0.29) is 11.9 Å². The van der Waals surface area contributed by atoms with Crippen LogP contribution in [0.5, 0.6) is 10.9 Å². The quantitative estimate of drug-likeness (QED) is 0.663. The molecule has 0 aliphatic heterocycles. The molecule has 0 aliphatic carbocycles. The maximum absolute atomic E-state index is 11.8. The van der Waals surface area contributed by atoms with E-state index in [4.69, 9.17) is 4.74 Å². The van der Waals surface area contributed by atoms with E-state index in [1.165, 1.54) is 22.7 Å². The summed E-state index contributed by atoms with van der Waals surface area (Å²) >= 11 is 1.24. The highest BCUT2D eigenvalue weighted by Crippen LogP contribution is 2.24. The summed E-state index contributed by atoms with van der Waals surface area (Å²) in [5.74, 6) is 1.45. The molecule has 0 atom stereocenters. The fourth-order valence-corrected chi connectivity index (χ4v) is 3.14. The largest absolute Gasteiger partial charge is 0.430 e. The van der Waals surface area contributed by atoms with Crippen molar-refractivity contribution in [2.24, 2.45) is 0 Å². The zero-order valence-electron chi connectivity index (χ0n) is 15.7. The van der Waals surface area contributed by atoms with E-state index in [0.717, 1.165) is 11.4 Å². The van der Waals surface area contributed by atoms with E-state index in [9.17, 15) is 4.79 Å². The summed E-state index contributed by atoms with van der Waals surface area (Å²) in [6.45, 7) is 5.97. The molecule has 3 aromatic rings. The average molecular weight is 382 g/mol. The summed E-state index contributed by atoms with van der Waals surface area (Å²) in [5.41, 5.74) is 3.35. The van der Waals surface area contributed by atoms with Crippen LogP contribution in [-0.2, 0) is 17.6 Å². The molecule has 0 unspecified atom stereocenters. The van der Waals surface area contributed by atoms with Gasteiger partial charge in [0.25, 0.3) is 5.19 Å². The fraction of sp³-hybridized carbons (Fsp3) is 0.286. The molecule has 1 N–H and O–H groups in total. The third-order valence-corrected chi connectivity index (χ3v) is 4.51. The van der Waals surface area contributed by atoms with Crippen LogP contribution in [0.2, 0.25) is 0 Å². The monoisotopic (exact) mass is 381 g/mol. The van der Waals surface area contributed by atoms with Gasteiger partial charge in [-0.2, -0.15) is 9.36 Å². The van der Waals surface area contributed by atoms with Crippen LogP contribution >= 0.6 is 11.5 Å². The van der Waals surface area contributed by atoms with Crippen LogP contribution in [0, 0.1) is 6.92 Å². The molecule has 6 heteroatoms. The Hall–Kier alpha value is -2.73. The average Bonchev–Trinajstić information content (AvgIpc) is 3.05. The van der Waals surface area contributed by atoms with Crippen molar-refractivity contribution < 1.29 is 9.53 Å². The molecule has 0 radical (unpaired) electrons. The second-order valence-electron chi connectivity index (χ2n) is 6.78. The number of amides is 1. The molecule has 0 spiro atoms. The lowest BCUT2D eigenvalue weighted by molar-refractivity contribution is -0.120. The number of aromatic nitrogens is 2. The number of benzene rings is 2. The van der Waals surface area contributed by atoms with Crippen molar-refractivity contribution in [2.45, 2.75) is 39.7 Å². The number of nitrogens with zero attached hydrogens (tertiary/aromatic N) is 2. The van der Waals surface area contributed by atoms with Crippen molar-refractivity contribution in [3.8, 4) is 10.9 Å². The molecule has 2 aromatic carbocycles. The SMILES string of the molecule is Cc1ccc(Cc2nsc(Oc3ccc(CC(=O)NC(C)C)cc3)n2)cc1. The Morgan fingerprint density at radius 3 is 2.41 bits per heavy atom. The third-order valence-electron chi connectivity index (χ3n) is 3.88. The van der Waals surface area contributed by atoms with Gasteiger partial charge in [-0.25, -0.2) is 0 Å². The summed E-state index contributed by atoms with van der Waals surface area (Å²) in [6, 6.07) is 16.0. The van der Waals surface area contributed by atoms with Crippen LogP contribution in [0.1, 0.15) is 36.4 Å². The van der Waals surface area contributed by atoms with Crippen LogP contribution < -0.4 is 10.1 Å². The molecule has 1 heterocycles. The van der Waals surface area contributed by atoms with E-state index in [2.05, 4.69) is 45.9 Å². The van der Waals surface area contributed by atoms with Crippen LogP contribution in [0.4, 0.5) is 0 Å². The predicted molar refractivity (Wildman–Crippen MR) is 107 cm³/mol. The number of carbonyl (C=O) groups is 1. The van der Waals surface area contributed by atoms with Gasteiger partial charge in [0.2, 0.25) is 5.91 Å². The number of nitrogens with one attached hydrogen (secondary N) is 1. The molecule has 0 fully saturated rings. The second kappa shape index (κ2) is 8.77. The number of hydrogen-bond acceptors (Lipinski definition) is 5. The topological polar surface area (TPSA) is 64.1 Å². The Balaban J connectivity index is 1.57. The predicted octanol–water partition coefficient (Wildman–Crippen LogP) is 4.30. The molecule has 1 aromatic heterocycles. The van der Waals surface area contributed by atoms with Gasteiger partial charge in [0.15, 0.2) is 5.82 Å². The molecule has 3 rings (SSSR count). The molecular formula is C21H23N3O2S. The summed E-state index contributed by atoms with van der Waals surface area (Å²) in [7, 11) is 0. The van der Waals surface area contributed by atoms with Crippen LogP contribution in [0.3, 0.4) is 0 Å². The Bertz CT molecular complexity index is 887. The Labute approximate surface area is 163 Å². The van der Waals surface area contributed by atoms with Crippen molar-refractivity contribution in [1.29, 1.82) is 0 Å². The lowest BCUT2D eigenvalue weighted by Crippen LogP contribution is -2.31. The highest BCUT2D eigenvalue weighted by atomic mass is 32.1. The van der Waals surface area contributed by atoms with Gasteiger partial charge >= 0.3 is 0 Å². The second-order valence-corrected chi connectivity index (χ2v) is 7.50. The first-order chi connectivity index (χ1) is 13.0. The van der Waals surface area contributed by atoms with Gasteiger partial charge in [-0.15, -0.1) is 0 Å². The third kappa shape index (κ3) is 5.89. The molecule has 5 nitrogen and oxygen atoms in total. The van der Waals surface area contributed by atoms with Crippen molar-refractivity contribution in [3.05, 3.63) is 71.0 Å². The van der Waals surface area contributed by atoms with Gasteiger partial charge in [-0.1, -0.05) is 42.0 Å². The van der Waals surface area contributed by atoms with Crippen LogP contribution in [-0.4, -0.2) is 21.3 Å². The van der Waals surface area contributed by atoms with Gasteiger partial charge in [0.1, 0.15) is 5.75 Å². The van der Waals surface area contributed by atoms with Gasteiger partial charge in [-0.3, -0.25) is 4.79 Å². The van der Waals surface area contributed by atoms with Gasteiger partial charge in [0.05, 0.1) is 6.42 Å².